The Balaban J connectivity index is 1.72. The Kier molecular flexibility index (Phi) is 5.29. The Hall–Kier alpha value is -1.93. The highest BCUT2D eigenvalue weighted by atomic mass is 32.2. The molecule has 0 saturated heterocycles. The first-order chi connectivity index (χ1) is 10.0. The van der Waals surface area contributed by atoms with Crippen molar-refractivity contribution in [3.8, 4) is 11.7 Å². The monoisotopic (exact) mass is 310 g/mol. The normalized spacial score (nSPS) is 11.5. The molecular weight excluding hydrogens is 292 g/mol. The molecule has 0 fully saturated rings. The van der Waals surface area contributed by atoms with Crippen LogP contribution in [0.2, 0.25) is 0 Å². The lowest BCUT2D eigenvalue weighted by atomic mass is 10.3. The predicted octanol–water partition coefficient (Wildman–Crippen LogP) is 0.280. The molecule has 0 aliphatic heterocycles. The summed E-state index contributed by atoms with van der Waals surface area (Å²) >= 11 is 0. The molecule has 7 nitrogen and oxygen atoms in total. The minimum absolute atomic E-state index is 0.119. The van der Waals surface area contributed by atoms with Gasteiger partial charge in [-0.15, -0.1) is 5.10 Å². The second-order valence-corrected chi connectivity index (χ2v) is 6.80. The minimum atomic E-state index is -2.92. The third kappa shape index (κ3) is 5.52. The number of rotatable bonds is 8. The van der Waals surface area contributed by atoms with Gasteiger partial charge in [-0.05, 0) is 12.1 Å². The van der Waals surface area contributed by atoms with E-state index in [1.54, 1.807) is 11.0 Å². The third-order valence-corrected chi connectivity index (χ3v) is 3.60. The molecule has 0 radical (unpaired) electrons. The summed E-state index contributed by atoms with van der Waals surface area (Å²) < 4.78 is 28.9. The van der Waals surface area contributed by atoms with Gasteiger partial charge < -0.3 is 10.1 Å². The molecular formula is C13H18N4O3S. The number of sulfone groups is 1. The van der Waals surface area contributed by atoms with Crippen molar-refractivity contribution in [1.29, 1.82) is 0 Å². The fourth-order valence-electron chi connectivity index (χ4n) is 1.62. The van der Waals surface area contributed by atoms with Crippen LogP contribution in [0.5, 0.6) is 6.01 Å². The smallest absolute Gasteiger partial charge is 0.335 e. The van der Waals surface area contributed by atoms with E-state index in [9.17, 15) is 8.42 Å². The molecule has 2 aromatic rings. The van der Waals surface area contributed by atoms with Gasteiger partial charge in [0, 0.05) is 19.3 Å². The molecule has 21 heavy (non-hydrogen) atoms. The van der Waals surface area contributed by atoms with Gasteiger partial charge in [-0.25, -0.2) is 13.1 Å². The van der Waals surface area contributed by atoms with E-state index in [1.165, 1.54) is 6.26 Å². The Labute approximate surface area is 123 Å². The molecule has 1 heterocycles. The van der Waals surface area contributed by atoms with Crippen LogP contribution in [0.1, 0.15) is 0 Å². The highest BCUT2D eigenvalue weighted by Gasteiger charge is 2.04. The quantitative estimate of drug-likeness (QED) is 0.705. The molecule has 0 aliphatic carbocycles. The Morgan fingerprint density at radius 2 is 2.00 bits per heavy atom. The summed E-state index contributed by atoms with van der Waals surface area (Å²) in [6.07, 6.45) is 2.80. The van der Waals surface area contributed by atoms with E-state index in [2.05, 4.69) is 15.4 Å². The summed E-state index contributed by atoms with van der Waals surface area (Å²) in [6.45, 7) is 1.33. The van der Waals surface area contributed by atoms with E-state index >= 15 is 0 Å². The molecule has 0 amide bonds. The largest absolute Gasteiger partial charge is 0.461 e. The van der Waals surface area contributed by atoms with E-state index in [1.807, 2.05) is 30.3 Å². The van der Waals surface area contributed by atoms with Crippen LogP contribution in [-0.2, 0) is 9.84 Å². The summed E-state index contributed by atoms with van der Waals surface area (Å²) in [7, 11) is -2.92. The van der Waals surface area contributed by atoms with Crippen LogP contribution >= 0.6 is 0 Å². The van der Waals surface area contributed by atoms with E-state index in [0.717, 1.165) is 5.69 Å². The lowest BCUT2D eigenvalue weighted by Gasteiger charge is -2.04. The van der Waals surface area contributed by atoms with Gasteiger partial charge in [0.2, 0.25) is 0 Å². The van der Waals surface area contributed by atoms with Crippen molar-refractivity contribution in [1.82, 2.24) is 20.1 Å². The molecule has 8 heteroatoms. The lowest BCUT2D eigenvalue weighted by molar-refractivity contribution is 0.291. The summed E-state index contributed by atoms with van der Waals surface area (Å²) in [4.78, 5) is 4.06. The average molecular weight is 310 g/mol. The van der Waals surface area contributed by atoms with Gasteiger partial charge in [-0.3, -0.25) is 0 Å². The van der Waals surface area contributed by atoms with Crippen LogP contribution in [0, 0.1) is 0 Å². The van der Waals surface area contributed by atoms with Gasteiger partial charge >= 0.3 is 6.01 Å². The Morgan fingerprint density at radius 1 is 1.24 bits per heavy atom. The molecule has 0 atom stereocenters. The van der Waals surface area contributed by atoms with Crippen LogP contribution in [0.15, 0.2) is 36.7 Å². The zero-order chi connectivity index (χ0) is 15.1. The Morgan fingerprint density at radius 3 is 2.71 bits per heavy atom. The zero-order valence-electron chi connectivity index (χ0n) is 11.8. The SMILES string of the molecule is CS(=O)(=O)CCNCCOc1ncn(-c2ccccc2)n1. The molecule has 2 rings (SSSR count). The van der Waals surface area contributed by atoms with E-state index in [4.69, 9.17) is 4.74 Å². The molecule has 0 unspecified atom stereocenters. The topological polar surface area (TPSA) is 86.1 Å². The summed E-state index contributed by atoms with van der Waals surface area (Å²) in [5.74, 6) is 0.119. The van der Waals surface area contributed by atoms with Crippen molar-refractivity contribution in [2.24, 2.45) is 0 Å². The van der Waals surface area contributed by atoms with Gasteiger partial charge in [-0.1, -0.05) is 18.2 Å². The van der Waals surface area contributed by atoms with Crippen LogP contribution in [-0.4, -0.2) is 54.9 Å². The number of hydrogen-bond donors (Lipinski definition) is 1. The first-order valence-electron chi connectivity index (χ1n) is 6.53. The number of ether oxygens (including phenoxy) is 1. The minimum Gasteiger partial charge on any atom is -0.461 e. The highest BCUT2D eigenvalue weighted by Crippen LogP contribution is 2.07. The molecule has 0 saturated carbocycles. The number of benzene rings is 1. The summed E-state index contributed by atoms with van der Waals surface area (Å²) in [5, 5.41) is 7.18. The molecule has 1 N–H and O–H groups in total. The number of nitrogens with zero attached hydrogens (tertiary/aromatic N) is 3. The van der Waals surface area contributed by atoms with Gasteiger partial charge in [0.25, 0.3) is 0 Å². The third-order valence-electron chi connectivity index (χ3n) is 2.65. The number of para-hydroxylation sites is 1. The predicted molar refractivity (Wildman–Crippen MR) is 79.4 cm³/mol. The number of aromatic nitrogens is 3. The average Bonchev–Trinajstić information content (AvgIpc) is 2.91. The molecule has 0 spiro atoms. The van der Waals surface area contributed by atoms with Crippen molar-refractivity contribution < 1.29 is 13.2 Å². The standard InChI is InChI=1S/C13H18N4O3S/c1-21(18,19)10-8-14-7-9-20-13-15-11-17(16-13)12-5-3-2-4-6-12/h2-6,11,14H,7-10H2,1H3. The van der Waals surface area contributed by atoms with Crippen molar-refractivity contribution in [3.63, 3.8) is 0 Å². The van der Waals surface area contributed by atoms with Crippen LogP contribution in [0.4, 0.5) is 0 Å². The van der Waals surface area contributed by atoms with Crippen molar-refractivity contribution in [3.05, 3.63) is 36.7 Å². The first-order valence-corrected chi connectivity index (χ1v) is 8.59. The second-order valence-electron chi connectivity index (χ2n) is 4.54. The van der Waals surface area contributed by atoms with Crippen molar-refractivity contribution in [2.45, 2.75) is 0 Å². The molecule has 0 aliphatic rings. The summed E-state index contributed by atoms with van der Waals surface area (Å²) in [6, 6.07) is 9.91. The Bertz CT molecular complexity index is 655. The number of hydrogen-bond acceptors (Lipinski definition) is 6. The van der Waals surface area contributed by atoms with Crippen molar-refractivity contribution >= 4 is 9.84 Å². The van der Waals surface area contributed by atoms with Gasteiger partial charge in [0.15, 0.2) is 0 Å². The fraction of sp³-hybridized carbons (Fsp3) is 0.385. The van der Waals surface area contributed by atoms with Crippen LogP contribution in [0.3, 0.4) is 0 Å². The van der Waals surface area contributed by atoms with Crippen LogP contribution in [0.25, 0.3) is 5.69 Å². The zero-order valence-corrected chi connectivity index (χ0v) is 12.6. The van der Waals surface area contributed by atoms with Crippen molar-refractivity contribution in [2.75, 3.05) is 31.7 Å². The van der Waals surface area contributed by atoms with E-state index in [-0.39, 0.29) is 5.75 Å². The lowest BCUT2D eigenvalue weighted by Crippen LogP contribution is -2.26. The number of nitrogens with one attached hydrogen (secondary N) is 1. The first kappa shape index (κ1) is 15.5. The molecule has 114 valence electrons. The van der Waals surface area contributed by atoms with Crippen LogP contribution < -0.4 is 10.1 Å². The summed E-state index contributed by atoms with van der Waals surface area (Å²) in [5.41, 5.74) is 0.908. The molecule has 1 aromatic heterocycles. The van der Waals surface area contributed by atoms with Gasteiger partial charge in [0.1, 0.15) is 22.8 Å². The van der Waals surface area contributed by atoms with E-state index in [0.29, 0.717) is 25.7 Å². The van der Waals surface area contributed by atoms with Gasteiger partial charge in [-0.2, -0.15) is 4.98 Å². The molecule has 1 aromatic carbocycles. The maximum absolute atomic E-state index is 10.9. The second kappa shape index (κ2) is 7.19. The molecule has 0 bridgehead atoms. The maximum atomic E-state index is 10.9. The fourth-order valence-corrected chi connectivity index (χ4v) is 2.13. The van der Waals surface area contributed by atoms with E-state index < -0.39 is 9.84 Å². The maximum Gasteiger partial charge on any atom is 0.335 e. The van der Waals surface area contributed by atoms with Gasteiger partial charge in [0.05, 0.1) is 11.4 Å². The highest BCUT2D eigenvalue weighted by molar-refractivity contribution is 7.90.